The zero-order valence-corrected chi connectivity index (χ0v) is 12.8. The molecular weight excluding hydrogens is 276 g/mol. The van der Waals surface area contributed by atoms with Crippen LogP contribution in [-0.4, -0.2) is 29.4 Å². The van der Waals surface area contributed by atoms with E-state index >= 15 is 0 Å². The van der Waals surface area contributed by atoms with Crippen LogP contribution in [0.2, 0.25) is 0 Å². The molecule has 1 aromatic carbocycles. The Labute approximate surface area is 129 Å². The monoisotopic (exact) mass is 296 g/mol. The van der Waals surface area contributed by atoms with Crippen molar-refractivity contribution < 1.29 is 4.79 Å². The number of nitrogens with zero attached hydrogens (tertiary/aromatic N) is 1. The van der Waals surface area contributed by atoms with Gasteiger partial charge in [0.2, 0.25) is 0 Å². The van der Waals surface area contributed by atoms with Gasteiger partial charge in [-0.3, -0.25) is 9.59 Å². The molecule has 22 heavy (non-hydrogen) atoms. The topological polar surface area (TPSA) is 53.2 Å². The lowest BCUT2D eigenvalue weighted by Crippen LogP contribution is -2.33. The lowest BCUT2D eigenvalue weighted by molar-refractivity contribution is 0.0794. The third-order valence-electron chi connectivity index (χ3n) is 4.24. The van der Waals surface area contributed by atoms with Crippen molar-refractivity contribution in [1.29, 1.82) is 0 Å². The summed E-state index contributed by atoms with van der Waals surface area (Å²) in [6.07, 6.45) is 3.68. The van der Waals surface area contributed by atoms with Gasteiger partial charge in [-0.1, -0.05) is 30.3 Å². The number of aryl methyl sites for hydroxylation is 2. The first-order chi connectivity index (χ1) is 10.6. The van der Waals surface area contributed by atoms with E-state index in [2.05, 4.69) is 4.98 Å². The molecule has 1 aromatic heterocycles. The van der Waals surface area contributed by atoms with Crippen molar-refractivity contribution in [2.75, 3.05) is 13.6 Å². The van der Waals surface area contributed by atoms with Gasteiger partial charge >= 0.3 is 0 Å². The van der Waals surface area contributed by atoms with E-state index in [-0.39, 0.29) is 17.0 Å². The summed E-state index contributed by atoms with van der Waals surface area (Å²) in [4.78, 5) is 29.1. The van der Waals surface area contributed by atoms with Crippen LogP contribution in [0.1, 0.15) is 33.6 Å². The van der Waals surface area contributed by atoms with Crippen molar-refractivity contribution in [3.63, 3.8) is 0 Å². The van der Waals surface area contributed by atoms with Crippen molar-refractivity contribution in [3.8, 4) is 0 Å². The SMILES string of the molecule is CN(CCc1ccccc1)C(=O)c1cc2c([nH]c1=O)CCC2. The summed E-state index contributed by atoms with van der Waals surface area (Å²) >= 11 is 0. The molecule has 2 aromatic rings. The Morgan fingerprint density at radius 1 is 1.23 bits per heavy atom. The van der Waals surface area contributed by atoms with Gasteiger partial charge in [0.05, 0.1) is 0 Å². The number of H-pyrrole nitrogens is 1. The van der Waals surface area contributed by atoms with Crippen LogP contribution in [0.4, 0.5) is 0 Å². The zero-order valence-electron chi connectivity index (χ0n) is 12.8. The van der Waals surface area contributed by atoms with Crippen LogP contribution < -0.4 is 5.56 Å². The van der Waals surface area contributed by atoms with E-state index in [9.17, 15) is 9.59 Å². The lowest BCUT2D eigenvalue weighted by atomic mass is 10.1. The first-order valence-corrected chi connectivity index (χ1v) is 7.69. The molecule has 0 radical (unpaired) electrons. The molecule has 1 amide bonds. The number of aromatic nitrogens is 1. The fourth-order valence-corrected chi connectivity index (χ4v) is 2.92. The molecule has 4 heteroatoms. The van der Waals surface area contributed by atoms with Gasteiger partial charge in [0, 0.05) is 19.3 Å². The Bertz CT molecular complexity index is 734. The molecule has 0 spiro atoms. The Balaban J connectivity index is 1.72. The highest BCUT2D eigenvalue weighted by Gasteiger charge is 2.20. The Morgan fingerprint density at radius 2 is 2.00 bits per heavy atom. The van der Waals surface area contributed by atoms with Crippen molar-refractivity contribution in [2.24, 2.45) is 0 Å². The summed E-state index contributed by atoms with van der Waals surface area (Å²) in [5, 5.41) is 0. The number of carbonyl (C=O) groups is 1. The van der Waals surface area contributed by atoms with Crippen LogP contribution in [-0.2, 0) is 19.3 Å². The van der Waals surface area contributed by atoms with Gasteiger partial charge in [0.25, 0.3) is 11.5 Å². The van der Waals surface area contributed by atoms with Crippen molar-refractivity contribution >= 4 is 5.91 Å². The Hall–Kier alpha value is -2.36. The van der Waals surface area contributed by atoms with Gasteiger partial charge in [-0.25, -0.2) is 0 Å². The predicted molar refractivity (Wildman–Crippen MR) is 86.2 cm³/mol. The fraction of sp³-hybridized carbons (Fsp3) is 0.333. The number of pyridine rings is 1. The molecule has 1 aliphatic rings. The van der Waals surface area contributed by atoms with Gasteiger partial charge in [-0.2, -0.15) is 0 Å². The Morgan fingerprint density at radius 3 is 2.77 bits per heavy atom. The summed E-state index contributed by atoms with van der Waals surface area (Å²) in [7, 11) is 1.75. The van der Waals surface area contributed by atoms with Crippen LogP contribution in [0, 0.1) is 0 Å². The van der Waals surface area contributed by atoms with E-state index in [4.69, 9.17) is 0 Å². The molecule has 1 aliphatic carbocycles. The molecule has 4 nitrogen and oxygen atoms in total. The number of benzene rings is 1. The number of fused-ring (bicyclic) bond motifs is 1. The van der Waals surface area contributed by atoms with Gasteiger partial charge in [0.15, 0.2) is 0 Å². The highest BCUT2D eigenvalue weighted by molar-refractivity contribution is 5.93. The second kappa shape index (κ2) is 6.18. The van der Waals surface area contributed by atoms with Crippen molar-refractivity contribution in [1.82, 2.24) is 9.88 Å². The molecule has 0 unspecified atom stereocenters. The number of hydrogen-bond donors (Lipinski definition) is 1. The summed E-state index contributed by atoms with van der Waals surface area (Å²) in [6, 6.07) is 11.8. The number of aromatic amines is 1. The maximum Gasteiger partial charge on any atom is 0.261 e. The van der Waals surface area contributed by atoms with Gasteiger partial charge in [0.1, 0.15) is 5.56 Å². The van der Waals surface area contributed by atoms with Crippen molar-refractivity contribution in [3.05, 3.63) is 69.1 Å². The minimum Gasteiger partial charge on any atom is -0.341 e. The van der Waals surface area contributed by atoms with Gasteiger partial charge < -0.3 is 9.88 Å². The maximum atomic E-state index is 12.5. The van der Waals surface area contributed by atoms with Crippen LogP contribution in [0.25, 0.3) is 0 Å². The number of amides is 1. The summed E-state index contributed by atoms with van der Waals surface area (Å²) in [5.74, 6) is -0.202. The minimum absolute atomic E-state index is 0.202. The maximum absolute atomic E-state index is 12.5. The molecule has 3 rings (SSSR count). The average Bonchev–Trinajstić information content (AvgIpc) is 2.99. The number of rotatable bonds is 4. The summed E-state index contributed by atoms with van der Waals surface area (Å²) in [5.41, 5.74) is 3.28. The predicted octanol–water partition coefficient (Wildman–Crippen LogP) is 2.18. The lowest BCUT2D eigenvalue weighted by Gasteiger charge is -2.17. The number of likely N-dealkylation sites (N-methyl/N-ethyl adjacent to an activating group) is 1. The molecule has 0 fully saturated rings. The molecule has 114 valence electrons. The molecule has 0 aliphatic heterocycles. The molecular formula is C18H20N2O2. The second-order valence-corrected chi connectivity index (χ2v) is 5.83. The third-order valence-corrected chi connectivity index (χ3v) is 4.24. The smallest absolute Gasteiger partial charge is 0.261 e. The molecule has 0 atom stereocenters. The summed E-state index contributed by atoms with van der Waals surface area (Å²) in [6.45, 7) is 0.597. The number of carbonyl (C=O) groups excluding carboxylic acids is 1. The second-order valence-electron chi connectivity index (χ2n) is 5.83. The van der Waals surface area contributed by atoms with Crippen molar-refractivity contribution in [2.45, 2.75) is 25.7 Å². The first-order valence-electron chi connectivity index (χ1n) is 7.69. The first kappa shape index (κ1) is 14.6. The molecule has 0 bridgehead atoms. The minimum atomic E-state index is -0.266. The molecule has 0 saturated carbocycles. The summed E-state index contributed by atoms with van der Waals surface area (Å²) < 4.78 is 0. The largest absolute Gasteiger partial charge is 0.341 e. The highest BCUT2D eigenvalue weighted by Crippen LogP contribution is 2.19. The van der Waals surface area contributed by atoms with Crippen LogP contribution >= 0.6 is 0 Å². The number of nitrogens with one attached hydrogen (secondary N) is 1. The normalized spacial score (nSPS) is 13.0. The van der Waals surface area contributed by atoms with Crippen LogP contribution in [0.15, 0.2) is 41.2 Å². The number of hydrogen-bond acceptors (Lipinski definition) is 2. The zero-order chi connectivity index (χ0) is 15.5. The highest BCUT2D eigenvalue weighted by atomic mass is 16.2. The molecule has 1 heterocycles. The van der Waals surface area contributed by atoms with Gasteiger partial charge in [-0.05, 0) is 42.9 Å². The standard InChI is InChI=1S/C18H20N2O2/c1-20(11-10-13-6-3-2-4-7-13)18(22)15-12-14-8-5-9-16(14)19-17(15)21/h2-4,6-7,12H,5,8-11H2,1H3,(H,19,21). The van der Waals surface area contributed by atoms with E-state index in [1.807, 2.05) is 30.3 Å². The van der Waals surface area contributed by atoms with Crippen LogP contribution in [0.5, 0.6) is 0 Å². The van der Waals surface area contributed by atoms with E-state index < -0.39 is 0 Å². The van der Waals surface area contributed by atoms with E-state index in [0.29, 0.717) is 6.54 Å². The molecule has 0 saturated heterocycles. The Kier molecular flexibility index (Phi) is 4.09. The average molecular weight is 296 g/mol. The van der Waals surface area contributed by atoms with E-state index in [1.165, 1.54) is 5.56 Å². The van der Waals surface area contributed by atoms with Crippen LogP contribution in [0.3, 0.4) is 0 Å². The third kappa shape index (κ3) is 2.96. The van der Waals surface area contributed by atoms with E-state index in [0.717, 1.165) is 36.9 Å². The quantitative estimate of drug-likeness (QED) is 0.940. The van der Waals surface area contributed by atoms with Gasteiger partial charge in [-0.15, -0.1) is 0 Å². The fourth-order valence-electron chi connectivity index (χ4n) is 2.92. The van der Waals surface area contributed by atoms with E-state index in [1.54, 1.807) is 18.0 Å². The molecule has 1 N–H and O–H groups in total.